The number of nitrogens with zero attached hydrogens (tertiary/aromatic N) is 3. The van der Waals surface area contributed by atoms with Crippen molar-refractivity contribution in [1.29, 1.82) is 16.1 Å². The average molecular weight is 397 g/mol. The SMILES string of the molecule is C[C@H]1C[C@@H](NC(=O)CC2(C)CCN(C)CC2)CN(C2=CC=C(C#N)C(=N)C2=N)C1. The van der Waals surface area contributed by atoms with Crippen LogP contribution in [0.25, 0.3) is 0 Å². The number of likely N-dealkylation sites (tertiary alicyclic amines) is 2. The van der Waals surface area contributed by atoms with E-state index in [0.29, 0.717) is 24.6 Å². The van der Waals surface area contributed by atoms with E-state index >= 15 is 0 Å². The van der Waals surface area contributed by atoms with E-state index in [4.69, 9.17) is 16.1 Å². The van der Waals surface area contributed by atoms with Gasteiger partial charge in [0.15, 0.2) is 0 Å². The van der Waals surface area contributed by atoms with Gasteiger partial charge >= 0.3 is 0 Å². The number of carbonyl (C=O) groups is 1. The molecular formula is C22H32N6O. The second-order valence-corrected chi connectivity index (χ2v) is 9.30. The van der Waals surface area contributed by atoms with Crippen molar-refractivity contribution in [3.8, 4) is 6.07 Å². The van der Waals surface area contributed by atoms with E-state index in [-0.39, 0.29) is 34.4 Å². The van der Waals surface area contributed by atoms with Gasteiger partial charge < -0.3 is 15.1 Å². The third-order valence-electron chi connectivity index (χ3n) is 6.45. The number of nitriles is 1. The summed E-state index contributed by atoms with van der Waals surface area (Å²) >= 11 is 0. The van der Waals surface area contributed by atoms with E-state index in [1.54, 1.807) is 12.2 Å². The Bertz CT molecular complexity index is 797. The first-order valence-electron chi connectivity index (χ1n) is 10.4. The largest absolute Gasteiger partial charge is 0.367 e. The molecule has 2 fully saturated rings. The van der Waals surface area contributed by atoms with Crippen LogP contribution in [-0.4, -0.2) is 66.4 Å². The van der Waals surface area contributed by atoms with Crippen LogP contribution in [-0.2, 0) is 4.79 Å². The van der Waals surface area contributed by atoms with Crippen LogP contribution in [0.2, 0.25) is 0 Å². The highest BCUT2D eigenvalue weighted by Gasteiger charge is 2.34. The Morgan fingerprint density at radius 2 is 1.97 bits per heavy atom. The molecule has 2 saturated heterocycles. The van der Waals surface area contributed by atoms with Gasteiger partial charge in [0.1, 0.15) is 11.8 Å². The molecule has 1 amide bonds. The van der Waals surface area contributed by atoms with Gasteiger partial charge in [-0.15, -0.1) is 0 Å². The average Bonchev–Trinajstić information content (AvgIpc) is 2.66. The molecule has 3 rings (SSSR count). The zero-order chi connectivity index (χ0) is 21.2. The number of rotatable bonds is 4. The number of amides is 1. The number of hydrogen-bond acceptors (Lipinski definition) is 6. The van der Waals surface area contributed by atoms with Crippen molar-refractivity contribution in [3.05, 3.63) is 23.4 Å². The zero-order valence-electron chi connectivity index (χ0n) is 17.7. The smallest absolute Gasteiger partial charge is 0.220 e. The summed E-state index contributed by atoms with van der Waals surface area (Å²) in [5.41, 5.74) is 1.02. The van der Waals surface area contributed by atoms with Crippen LogP contribution < -0.4 is 5.32 Å². The predicted octanol–water partition coefficient (Wildman–Crippen LogP) is 2.32. The minimum atomic E-state index is -0.0287. The Balaban J connectivity index is 1.63. The summed E-state index contributed by atoms with van der Waals surface area (Å²) in [5.74, 6) is 0.486. The van der Waals surface area contributed by atoms with Crippen molar-refractivity contribution in [3.63, 3.8) is 0 Å². The van der Waals surface area contributed by atoms with Crippen molar-refractivity contribution < 1.29 is 4.79 Å². The number of hydrogen-bond donors (Lipinski definition) is 3. The molecule has 0 saturated carbocycles. The fraction of sp³-hybridized carbons (Fsp3) is 0.636. The maximum atomic E-state index is 12.8. The van der Waals surface area contributed by atoms with Gasteiger partial charge in [0.25, 0.3) is 0 Å². The van der Waals surface area contributed by atoms with Crippen LogP contribution in [0.5, 0.6) is 0 Å². The predicted molar refractivity (Wildman–Crippen MR) is 114 cm³/mol. The first-order chi connectivity index (χ1) is 13.7. The van der Waals surface area contributed by atoms with Crippen molar-refractivity contribution in [1.82, 2.24) is 15.1 Å². The lowest BCUT2D eigenvalue weighted by molar-refractivity contribution is -0.125. The van der Waals surface area contributed by atoms with Crippen LogP contribution in [0.4, 0.5) is 0 Å². The summed E-state index contributed by atoms with van der Waals surface area (Å²) in [7, 11) is 2.13. The number of piperidine rings is 2. The van der Waals surface area contributed by atoms with E-state index in [2.05, 4.69) is 36.0 Å². The van der Waals surface area contributed by atoms with Gasteiger partial charge in [-0.3, -0.25) is 15.6 Å². The van der Waals surface area contributed by atoms with Gasteiger partial charge in [-0.1, -0.05) is 13.8 Å². The minimum absolute atomic E-state index is 0.0287. The van der Waals surface area contributed by atoms with Crippen LogP contribution in [0.3, 0.4) is 0 Å². The Morgan fingerprint density at radius 3 is 2.62 bits per heavy atom. The monoisotopic (exact) mass is 396 g/mol. The number of allylic oxidation sites excluding steroid dienone is 4. The molecule has 0 aromatic heterocycles. The Hall–Kier alpha value is -2.46. The summed E-state index contributed by atoms with van der Waals surface area (Å²) < 4.78 is 0. The molecule has 7 nitrogen and oxygen atoms in total. The van der Waals surface area contributed by atoms with Gasteiger partial charge in [-0.05, 0) is 62.9 Å². The summed E-state index contributed by atoms with van der Waals surface area (Å²) in [4.78, 5) is 17.2. The highest BCUT2D eigenvalue weighted by Crippen LogP contribution is 2.34. The third kappa shape index (κ3) is 4.94. The van der Waals surface area contributed by atoms with E-state index < -0.39 is 0 Å². The van der Waals surface area contributed by atoms with Crippen LogP contribution in [0.1, 0.15) is 39.5 Å². The second-order valence-electron chi connectivity index (χ2n) is 9.30. The fourth-order valence-electron chi connectivity index (χ4n) is 4.60. The zero-order valence-corrected chi connectivity index (χ0v) is 17.7. The lowest BCUT2D eigenvalue weighted by Gasteiger charge is -2.41. The third-order valence-corrected chi connectivity index (χ3v) is 6.45. The first-order valence-corrected chi connectivity index (χ1v) is 10.4. The maximum absolute atomic E-state index is 12.8. The highest BCUT2D eigenvalue weighted by atomic mass is 16.1. The summed E-state index contributed by atoms with van der Waals surface area (Å²) in [6.45, 7) is 7.87. The molecule has 156 valence electrons. The molecule has 2 heterocycles. The van der Waals surface area contributed by atoms with E-state index in [1.807, 2.05) is 6.07 Å². The Kier molecular flexibility index (Phi) is 6.23. The molecule has 0 unspecified atom stereocenters. The lowest BCUT2D eigenvalue weighted by Crippen LogP contribution is -2.52. The molecular weight excluding hydrogens is 364 g/mol. The van der Waals surface area contributed by atoms with Crippen molar-refractivity contribution >= 4 is 17.3 Å². The topological polar surface area (TPSA) is 107 Å². The van der Waals surface area contributed by atoms with Crippen molar-refractivity contribution in [2.45, 2.75) is 45.6 Å². The first kappa shape index (κ1) is 21.3. The van der Waals surface area contributed by atoms with Gasteiger partial charge in [0.05, 0.1) is 17.0 Å². The Labute approximate surface area is 173 Å². The second kappa shape index (κ2) is 8.50. The van der Waals surface area contributed by atoms with E-state index in [9.17, 15) is 4.79 Å². The lowest BCUT2D eigenvalue weighted by atomic mass is 9.77. The van der Waals surface area contributed by atoms with E-state index in [1.165, 1.54) is 0 Å². The highest BCUT2D eigenvalue weighted by molar-refractivity contribution is 6.52. The molecule has 29 heavy (non-hydrogen) atoms. The van der Waals surface area contributed by atoms with Crippen LogP contribution >= 0.6 is 0 Å². The van der Waals surface area contributed by atoms with Gasteiger partial charge in [0.2, 0.25) is 5.91 Å². The molecule has 3 aliphatic rings. The minimum Gasteiger partial charge on any atom is -0.367 e. The molecule has 0 bridgehead atoms. The molecule has 7 heteroatoms. The number of nitrogens with one attached hydrogen (secondary N) is 3. The summed E-state index contributed by atoms with van der Waals surface area (Å²) in [5, 5.41) is 28.6. The molecule has 2 aliphatic heterocycles. The molecule has 3 N–H and O–H groups in total. The van der Waals surface area contributed by atoms with Crippen LogP contribution in [0, 0.1) is 33.5 Å². The molecule has 0 spiro atoms. The molecule has 0 radical (unpaired) electrons. The quantitative estimate of drug-likeness (QED) is 0.634. The number of carbonyl (C=O) groups excluding carboxylic acids is 1. The van der Waals surface area contributed by atoms with Gasteiger partial charge in [-0.2, -0.15) is 5.26 Å². The molecule has 0 aromatic carbocycles. The standard InChI is InChI=1S/C22H32N6O/c1-15-10-17(26-19(29)11-22(2)6-8-27(3)9-7-22)14-28(13-15)18-5-4-16(12-23)20(24)21(18)25/h4-5,15,17,24-25H,6-11,13-14H2,1-3H3,(H,26,29)/t15-,17+/m0/s1. The Morgan fingerprint density at radius 1 is 1.28 bits per heavy atom. The molecule has 0 aromatic rings. The van der Waals surface area contributed by atoms with Crippen molar-refractivity contribution in [2.24, 2.45) is 11.3 Å². The maximum Gasteiger partial charge on any atom is 0.220 e. The fourth-order valence-corrected chi connectivity index (χ4v) is 4.60. The molecule has 2 atom stereocenters. The normalized spacial score (nSPS) is 27.7. The summed E-state index contributed by atoms with van der Waals surface area (Å²) in [6, 6.07) is 2.00. The van der Waals surface area contributed by atoms with Crippen molar-refractivity contribution in [2.75, 3.05) is 33.2 Å². The van der Waals surface area contributed by atoms with Gasteiger partial charge in [-0.25, -0.2) is 0 Å². The summed E-state index contributed by atoms with van der Waals surface area (Å²) in [6.07, 6.45) is 6.94. The van der Waals surface area contributed by atoms with Gasteiger partial charge in [0, 0.05) is 25.6 Å². The van der Waals surface area contributed by atoms with Crippen LogP contribution in [0.15, 0.2) is 23.4 Å². The van der Waals surface area contributed by atoms with E-state index in [0.717, 1.165) is 38.9 Å². The molecule has 1 aliphatic carbocycles.